The summed E-state index contributed by atoms with van der Waals surface area (Å²) in [6.07, 6.45) is 2.85. The molecule has 6 nitrogen and oxygen atoms in total. The van der Waals surface area contributed by atoms with Gasteiger partial charge >= 0.3 is 12.0 Å². The molecule has 0 aliphatic carbocycles. The molecule has 104 valence electrons. The maximum atomic E-state index is 12.0. The second kappa shape index (κ2) is 5.34. The number of piperidine rings is 1. The summed E-state index contributed by atoms with van der Waals surface area (Å²) in [4.78, 5) is 24.8. The van der Waals surface area contributed by atoms with Crippen LogP contribution in [0.2, 0.25) is 0 Å². The molecule has 0 saturated carbocycles. The molecule has 1 aromatic rings. The number of nitrogens with one attached hydrogen (secondary N) is 1. The number of carboxylic acid groups (broad SMARTS) is 1. The van der Waals surface area contributed by atoms with Crippen LogP contribution in [0.25, 0.3) is 0 Å². The minimum atomic E-state index is -0.851. The van der Waals surface area contributed by atoms with E-state index in [4.69, 9.17) is 4.42 Å². The summed E-state index contributed by atoms with van der Waals surface area (Å²) in [5.74, 6) is -0.178. The number of rotatable bonds is 3. The predicted octanol–water partition coefficient (Wildman–Crippen LogP) is 1.68. The Morgan fingerprint density at radius 2 is 2.37 bits per heavy atom. The molecule has 19 heavy (non-hydrogen) atoms. The number of nitrogens with zero attached hydrogens (tertiary/aromatic N) is 1. The fourth-order valence-electron chi connectivity index (χ4n) is 2.28. The quantitative estimate of drug-likeness (QED) is 0.871. The molecule has 0 aromatic carbocycles. The molecule has 1 fully saturated rings. The van der Waals surface area contributed by atoms with E-state index in [0.717, 1.165) is 0 Å². The zero-order valence-corrected chi connectivity index (χ0v) is 10.9. The zero-order chi connectivity index (χ0) is 13.9. The molecule has 1 unspecified atom stereocenters. The van der Waals surface area contributed by atoms with Crippen LogP contribution in [0.15, 0.2) is 22.8 Å². The van der Waals surface area contributed by atoms with Crippen molar-refractivity contribution in [3.63, 3.8) is 0 Å². The molecule has 2 N–H and O–H groups in total. The van der Waals surface area contributed by atoms with E-state index in [1.54, 1.807) is 30.2 Å². The molecule has 0 spiro atoms. The van der Waals surface area contributed by atoms with Gasteiger partial charge in [-0.05, 0) is 31.9 Å². The molecule has 2 heterocycles. The number of carbonyl (C=O) groups excluding carboxylic acids is 1. The molecule has 6 heteroatoms. The first-order valence-corrected chi connectivity index (χ1v) is 6.30. The Balaban J connectivity index is 1.90. The van der Waals surface area contributed by atoms with Crippen molar-refractivity contribution in [2.45, 2.75) is 26.3 Å². The van der Waals surface area contributed by atoms with Gasteiger partial charge < -0.3 is 19.7 Å². The summed E-state index contributed by atoms with van der Waals surface area (Å²) >= 11 is 0. The van der Waals surface area contributed by atoms with Crippen molar-refractivity contribution in [2.75, 3.05) is 13.1 Å². The predicted molar refractivity (Wildman–Crippen MR) is 67.5 cm³/mol. The number of aliphatic carboxylic acids is 1. The van der Waals surface area contributed by atoms with Crippen molar-refractivity contribution in [3.8, 4) is 0 Å². The third-order valence-electron chi connectivity index (χ3n) is 3.49. The van der Waals surface area contributed by atoms with E-state index in [9.17, 15) is 14.7 Å². The lowest BCUT2D eigenvalue weighted by atomic mass is 9.82. The van der Waals surface area contributed by atoms with Crippen molar-refractivity contribution in [1.29, 1.82) is 0 Å². The average molecular weight is 266 g/mol. The number of carbonyl (C=O) groups is 2. The first-order valence-electron chi connectivity index (χ1n) is 6.30. The number of furan rings is 1. The molecule has 1 atom stereocenters. The second-order valence-corrected chi connectivity index (χ2v) is 5.13. The van der Waals surface area contributed by atoms with Crippen LogP contribution in [0.1, 0.15) is 25.5 Å². The molecular formula is C13H18N2O4. The van der Waals surface area contributed by atoms with E-state index in [1.165, 1.54) is 0 Å². The Morgan fingerprint density at radius 1 is 1.58 bits per heavy atom. The van der Waals surface area contributed by atoms with Crippen LogP contribution in [-0.2, 0) is 11.3 Å². The van der Waals surface area contributed by atoms with Crippen LogP contribution < -0.4 is 5.32 Å². The lowest BCUT2D eigenvalue weighted by Crippen LogP contribution is -2.51. The Labute approximate surface area is 111 Å². The molecule has 1 aliphatic rings. The fraction of sp³-hybridized carbons (Fsp3) is 0.538. The van der Waals surface area contributed by atoms with Gasteiger partial charge in [0.15, 0.2) is 0 Å². The zero-order valence-electron chi connectivity index (χ0n) is 10.9. The van der Waals surface area contributed by atoms with Crippen molar-refractivity contribution >= 4 is 12.0 Å². The van der Waals surface area contributed by atoms with Crippen LogP contribution in [0, 0.1) is 5.41 Å². The van der Waals surface area contributed by atoms with E-state index < -0.39 is 11.4 Å². The highest BCUT2D eigenvalue weighted by molar-refractivity contribution is 5.78. The Bertz CT molecular complexity index is 457. The Hall–Kier alpha value is -1.98. The van der Waals surface area contributed by atoms with Crippen LogP contribution in [0.5, 0.6) is 0 Å². The van der Waals surface area contributed by atoms with Gasteiger partial charge in [0.1, 0.15) is 5.76 Å². The first-order chi connectivity index (χ1) is 9.01. The van der Waals surface area contributed by atoms with E-state index in [-0.39, 0.29) is 12.6 Å². The van der Waals surface area contributed by atoms with Gasteiger partial charge in [0, 0.05) is 13.1 Å². The van der Waals surface area contributed by atoms with Gasteiger partial charge in [0.05, 0.1) is 18.2 Å². The summed E-state index contributed by atoms with van der Waals surface area (Å²) in [6, 6.07) is 3.28. The Kier molecular flexibility index (Phi) is 3.78. The number of likely N-dealkylation sites (tertiary alicyclic amines) is 1. The van der Waals surface area contributed by atoms with Crippen LogP contribution in [0.3, 0.4) is 0 Å². The third-order valence-corrected chi connectivity index (χ3v) is 3.49. The topological polar surface area (TPSA) is 82.8 Å². The molecule has 1 aromatic heterocycles. The van der Waals surface area contributed by atoms with Crippen LogP contribution in [-0.4, -0.2) is 35.1 Å². The lowest BCUT2D eigenvalue weighted by molar-refractivity contribution is -0.150. The molecule has 0 bridgehead atoms. The summed E-state index contributed by atoms with van der Waals surface area (Å²) in [7, 11) is 0. The van der Waals surface area contributed by atoms with Crippen LogP contribution in [0.4, 0.5) is 4.79 Å². The SMILES string of the molecule is CC1(C(=O)O)CCCN(C(=O)NCc2ccco2)C1. The average Bonchev–Trinajstić information content (AvgIpc) is 2.89. The molecule has 1 aliphatic heterocycles. The van der Waals surface area contributed by atoms with Crippen molar-refractivity contribution in [2.24, 2.45) is 5.41 Å². The molecule has 0 radical (unpaired) electrons. The monoisotopic (exact) mass is 266 g/mol. The second-order valence-electron chi connectivity index (χ2n) is 5.13. The van der Waals surface area contributed by atoms with Gasteiger partial charge in [-0.25, -0.2) is 4.79 Å². The van der Waals surface area contributed by atoms with Gasteiger partial charge in [0.2, 0.25) is 0 Å². The molecule has 2 rings (SSSR count). The highest BCUT2D eigenvalue weighted by Gasteiger charge is 2.39. The molecular weight excluding hydrogens is 248 g/mol. The molecule has 2 amide bonds. The number of hydrogen-bond donors (Lipinski definition) is 2. The van der Waals surface area contributed by atoms with Gasteiger partial charge in [-0.15, -0.1) is 0 Å². The number of hydrogen-bond acceptors (Lipinski definition) is 3. The van der Waals surface area contributed by atoms with Gasteiger partial charge in [0.25, 0.3) is 0 Å². The fourth-order valence-corrected chi connectivity index (χ4v) is 2.28. The van der Waals surface area contributed by atoms with Gasteiger partial charge in [-0.2, -0.15) is 0 Å². The number of amides is 2. The van der Waals surface area contributed by atoms with Crippen LogP contribution >= 0.6 is 0 Å². The maximum absolute atomic E-state index is 12.0. The van der Waals surface area contributed by atoms with E-state index >= 15 is 0 Å². The van der Waals surface area contributed by atoms with Crippen molar-refractivity contribution < 1.29 is 19.1 Å². The Morgan fingerprint density at radius 3 is 3.00 bits per heavy atom. The summed E-state index contributed by atoms with van der Waals surface area (Å²) in [5, 5.41) is 11.9. The number of urea groups is 1. The smallest absolute Gasteiger partial charge is 0.317 e. The van der Waals surface area contributed by atoms with Crippen molar-refractivity contribution in [3.05, 3.63) is 24.2 Å². The lowest BCUT2D eigenvalue weighted by Gasteiger charge is -2.37. The van der Waals surface area contributed by atoms with E-state index in [1.807, 2.05) is 0 Å². The minimum Gasteiger partial charge on any atom is -0.481 e. The summed E-state index contributed by atoms with van der Waals surface area (Å²) in [5.41, 5.74) is -0.847. The largest absolute Gasteiger partial charge is 0.481 e. The molecule has 1 saturated heterocycles. The minimum absolute atomic E-state index is 0.242. The normalized spacial score (nSPS) is 23.1. The third kappa shape index (κ3) is 3.07. The van der Waals surface area contributed by atoms with Gasteiger partial charge in [-0.3, -0.25) is 4.79 Å². The van der Waals surface area contributed by atoms with Crippen molar-refractivity contribution in [1.82, 2.24) is 10.2 Å². The maximum Gasteiger partial charge on any atom is 0.317 e. The first kappa shape index (κ1) is 13.5. The van der Waals surface area contributed by atoms with E-state index in [2.05, 4.69) is 5.32 Å². The van der Waals surface area contributed by atoms with Gasteiger partial charge in [-0.1, -0.05) is 0 Å². The number of carboxylic acids is 1. The van der Waals surface area contributed by atoms with E-state index in [0.29, 0.717) is 31.7 Å². The summed E-state index contributed by atoms with van der Waals surface area (Å²) in [6.45, 7) is 2.83. The summed E-state index contributed by atoms with van der Waals surface area (Å²) < 4.78 is 5.12. The standard InChI is InChI=1S/C13H18N2O4/c1-13(11(16)17)5-3-6-15(9-13)12(18)14-8-10-4-2-7-19-10/h2,4,7H,3,5-6,8-9H2,1H3,(H,14,18)(H,16,17). The highest BCUT2D eigenvalue weighted by Crippen LogP contribution is 2.29. The highest BCUT2D eigenvalue weighted by atomic mass is 16.4.